The first-order chi connectivity index (χ1) is 9.76. The van der Waals surface area contributed by atoms with E-state index in [0.717, 1.165) is 31.6 Å². The van der Waals surface area contributed by atoms with E-state index in [1.165, 1.54) is 4.90 Å². The molecule has 4 nitrogen and oxygen atoms in total. The van der Waals surface area contributed by atoms with Crippen LogP contribution in [0.1, 0.15) is 24.6 Å². The molecule has 110 valence electrons. The number of hydrogen-bond donors (Lipinski definition) is 1. The van der Waals surface area contributed by atoms with E-state index in [4.69, 9.17) is 4.74 Å². The number of nitrogens with one attached hydrogen (secondary N) is 1. The van der Waals surface area contributed by atoms with Crippen LogP contribution in [0.2, 0.25) is 0 Å². The number of benzene rings is 1. The minimum absolute atomic E-state index is 0.0148. The quantitative estimate of drug-likeness (QED) is 0.619. The average molecular weight is 294 g/mol. The molecule has 0 aromatic heterocycles. The first-order valence-corrected chi connectivity index (χ1v) is 8.14. The molecule has 0 radical (unpaired) electrons. The second-order valence-corrected chi connectivity index (χ2v) is 5.72. The van der Waals surface area contributed by atoms with Crippen LogP contribution in [0.15, 0.2) is 29.2 Å². The third-order valence-electron chi connectivity index (χ3n) is 3.51. The molecule has 1 aliphatic rings. The summed E-state index contributed by atoms with van der Waals surface area (Å²) in [5, 5.41) is 3.29. The standard InChI is InChI=1S/C15H22N2O2S/c1-19-10-4-3-9-17-14(18)11-16-15(17)12-5-7-13(20-2)8-6-12/h5-8,15-16H,3-4,9-11H2,1-2H3. The maximum Gasteiger partial charge on any atom is 0.238 e. The van der Waals surface area contributed by atoms with Crippen LogP contribution in [-0.2, 0) is 9.53 Å². The van der Waals surface area contributed by atoms with Crippen molar-refractivity contribution in [3.8, 4) is 0 Å². The lowest BCUT2D eigenvalue weighted by Gasteiger charge is -2.24. The van der Waals surface area contributed by atoms with Crippen LogP contribution in [0.25, 0.3) is 0 Å². The van der Waals surface area contributed by atoms with Crippen molar-refractivity contribution >= 4 is 17.7 Å². The molecule has 0 saturated carbocycles. The topological polar surface area (TPSA) is 41.6 Å². The molecule has 1 aromatic carbocycles. The smallest absolute Gasteiger partial charge is 0.238 e. The first-order valence-electron chi connectivity index (χ1n) is 6.92. The van der Waals surface area contributed by atoms with Gasteiger partial charge in [-0.1, -0.05) is 12.1 Å². The Hall–Kier alpha value is -1.04. The van der Waals surface area contributed by atoms with E-state index in [9.17, 15) is 4.79 Å². The van der Waals surface area contributed by atoms with Gasteiger partial charge in [-0.05, 0) is 36.8 Å². The Morgan fingerprint density at radius 2 is 2.10 bits per heavy atom. The van der Waals surface area contributed by atoms with Crippen molar-refractivity contribution in [1.82, 2.24) is 10.2 Å². The zero-order chi connectivity index (χ0) is 14.4. The molecule has 1 amide bonds. The highest BCUT2D eigenvalue weighted by atomic mass is 32.2. The number of unbranched alkanes of at least 4 members (excludes halogenated alkanes) is 1. The molecule has 1 N–H and O–H groups in total. The molecule has 1 aliphatic heterocycles. The van der Waals surface area contributed by atoms with Crippen molar-refractivity contribution in [2.75, 3.05) is 33.1 Å². The number of nitrogens with zero attached hydrogens (tertiary/aromatic N) is 1. The van der Waals surface area contributed by atoms with E-state index in [2.05, 4.69) is 35.8 Å². The van der Waals surface area contributed by atoms with E-state index in [1.54, 1.807) is 18.9 Å². The van der Waals surface area contributed by atoms with Crippen LogP contribution < -0.4 is 5.32 Å². The first kappa shape index (κ1) is 15.4. The molecular formula is C15H22N2O2S. The van der Waals surface area contributed by atoms with Gasteiger partial charge in [-0.2, -0.15) is 0 Å². The van der Waals surface area contributed by atoms with Crippen molar-refractivity contribution in [2.45, 2.75) is 23.9 Å². The number of rotatable bonds is 7. The Labute approximate surface area is 124 Å². The number of amides is 1. The Morgan fingerprint density at radius 1 is 1.35 bits per heavy atom. The Balaban J connectivity index is 1.99. The fraction of sp³-hybridized carbons (Fsp3) is 0.533. The van der Waals surface area contributed by atoms with Gasteiger partial charge in [-0.25, -0.2) is 0 Å². The number of hydrogen-bond acceptors (Lipinski definition) is 4. The number of ether oxygens (including phenoxy) is 1. The maximum absolute atomic E-state index is 12.0. The predicted octanol–water partition coefficient (Wildman–Crippen LogP) is 2.27. The van der Waals surface area contributed by atoms with Crippen molar-refractivity contribution in [3.05, 3.63) is 29.8 Å². The van der Waals surface area contributed by atoms with Gasteiger partial charge in [0.1, 0.15) is 6.17 Å². The van der Waals surface area contributed by atoms with Crippen LogP contribution >= 0.6 is 11.8 Å². The summed E-state index contributed by atoms with van der Waals surface area (Å²) in [6.45, 7) is 1.96. The molecule has 20 heavy (non-hydrogen) atoms. The fourth-order valence-electron chi connectivity index (χ4n) is 2.41. The minimum Gasteiger partial charge on any atom is -0.385 e. The highest BCUT2D eigenvalue weighted by molar-refractivity contribution is 7.98. The molecular weight excluding hydrogens is 272 g/mol. The summed E-state index contributed by atoms with van der Waals surface area (Å²) >= 11 is 1.73. The number of thioether (sulfide) groups is 1. The maximum atomic E-state index is 12.0. The Morgan fingerprint density at radius 3 is 2.75 bits per heavy atom. The highest BCUT2D eigenvalue weighted by Gasteiger charge is 2.30. The lowest BCUT2D eigenvalue weighted by atomic mass is 10.1. The molecule has 1 atom stereocenters. The summed E-state index contributed by atoms with van der Waals surface area (Å²) in [4.78, 5) is 15.1. The third-order valence-corrected chi connectivity index (χ3v) is 4.25. The SMILES string of the molecule is COCCCCN1C(=O)CNC1c1ccc(SC)cc1. The summed E-state index contributed by atoms with van der Waals surface area (Å²) in [5.74, 6) is 0.182. The van der Waals surface area contributed by atoms with Crippen LogP contribution in [-0.4, -0.2) is 43.9 Å². The van der Waals surface area contributed by atoms with Gasteiger partial charge in [0.15, 0.2) is 0 Å². The van der Waals surface area contributed by atoms with E-state index in [1.807, 2.05) is 4.90 Å². The number of methoxy groups -OCH3 is 1. The van der Waals surface area contributed by atoms with Crippen LogP contribution in [0.4, 0.5) is 0 Å². The lowest BCUT2D eigenvalue weighted by molar-refractivity contribution is -0.128. The van der Waals surface area contributed by atoms with Crippen LogP contribution in [0.5, 0.6) is 0 Å². The fourth-order valence-corrected chi connectivity index (χ4v) is 2.81. The summed E-state index contributed by atoms with van der Waals surface area (Å²) in [7, 11) is 1.71. The monoisotopic (exact) mass is 294 g/mol. The van der Waals surface area contributed by atoms with Gasteiger partial charge < -0.3 is 9.64 Å². The normalized spacial score (nSPS) is 18.8. The largest absolute Gasteiger partial charge is 0.385 e. The van der Waals surface area contributed by atoms with Crippen molar-refractivity contribution < 1.29 is 9.53 Å². The van der Waals surface area contributed by atoms with Crippen molar-refractivity contribution in [2.24, 2.45) is 0 Å². The van der Waals surface area contributed by atoms with Gasteiger partial charge in [0.2, 0.25) is 5.91 Å². The summed E-state index contributed by atoms with van der Waals surface area (Å²) in [6, 6.07) is 8.41. The number of carbonyl (C=O) groups is 1. The van der Waals surface area contributed by atoms with E-state index in [-0.39, 0.29) is 12.1 Å². The summed E-state index contributed by atoms with van der Waals surface area (Å²) in [5.41, 5.74) is 1.15. The summed E-state index contributed by atoms with van der Waals surface area (Å²) in [6.07, 6.45) is 4.04. The highest BCUT2D eigenvalue weighted by Crippen LogP contribution is 2.25. The van der Waals surface area contributed by atoms with E-state index < -0.39 is 0 Å². The number of carbonyl (C=O) groups excluding carboxylic acids is 1. The zero-order valence-corrected chi connectivity index (χ0v) is 12.9. The van der Waals surface area contributed by atoms with Gasteiger partial charge in [0.05, 0.1) is 6.54 Å². The van der Waals surface area contributed by atoms with Gasteiger partial charge in [0.25, 0.3) is 0 Å². The molecule has 0 bridgehead atoms. The zero-order valence-electron chi connectivity index (χ0n) is 12.1. The predicted molar refractivity (Wildman–Crippen MR) is 81.8 cm³/mol. The average Bonchev–Trinajstić information content (AvgIpc) is 2.85. The second kappa shape index (κ2) is 7.67. The third kappa shape index (κ3) is 3.75. The molecule has 1 aromatic rings. The van der Waals surface area contributed by atoms with E-state index in [0.29, 0.717) is 6.54 Å². The van der Waals surface area contributed by atoms with Gasteiger partial charge in [-0.15, -0.1) is 11.8 Å². The Bertz CT molecular complexity index is 436. The van der Waals surface area contributed by atoms with Gasteiger partial charge >= 0.3 is 0 Å². The van der Waals surface area contributed by atoms with E-state index >= 15 is 0 Å². The molecule has 0 aliphatic carbocycles. The van der Waals surface area contributed by atoms with Gasteiger partial charge in [0, 0.05) is 25.2 Å². The molecule has 1 unspecified atom stereocenters. The summed E-state index contributed by atoms with van der Waals surface area (Å²) < 4.78 is 5.05. The lowest BCUT2D eigenvalue weighted by Crippen LogP contribution is -2.31. The Kier molecular flexibility index (Phi) is 5.88. The molecule has 0 spiro atoms. The van der Waals surface area contributed by atoms with Gasteiger partial charge in [-0.3, -0.25) is 10.1 Å². The molecule has 1 fully saturated rings. The molecule has 1 saturated heterocycles. The molecule has 5 heteroatoms. The molecule has 2 rings (SSSR count). The van der Waals surface area contributed by atoms with Crippen molar-refractivity contribution in [3.63, 3.8) is 0 Å². The minimum atomic E-state index is 0.0148. The second-order valence-electron chi connectivity index (χ2n) is 4.84. The van der Waals surface area contributed by atoms with Crippen LogP contribution in [0, 0.1) is 0 Å². The van der Waals surface area contributed by atoms with Crippen LogP contribution in [0.3, 0.4) is 0 Å². The van der Waals surface area contributed by atoms with Crippen molar-refractivity contribution in [1.29, 1.82) is 0 Å². The molecule has 1 heterocycles.